The number of aliphatic hydroxyl groups excluding tert-OH is 2. The van der Waals surface area contributed by atoms with Crippen LogP contribution in [0.3, 0.4) is 0 Å². The molecule has 0 amide bonds. The number of nitro benzene ring substituents is 1. The number of aliphatic hydroxyl groups is 2. The summed E-state index contributed by atoms with van der Waals surface area (Å²) >= 11 is 0. The van der Waals surface area contributed by atoms with Gasteiger partial charge >= 0.3 is 5.69 Å². The Morgan fingerprint density at radius 1 is 1.29 bits per heavy atom. The van der Waals surface area contributed by atoms with E-state index < -0.39 is 4.92 Å². The first-order chi connectivity index (χ1) is 9.45. The molecule has 1 rings (SSSR count). The highest BCUT2D eigenvalue weighted by atomic mass is 35.5. The Hall–Kier alpha value is -1.41. The fourth-order valence-electron chi connectivity index (χ4n) is 2.17. The van der Waals surface area contributed by atoms with Crippen LogP contribution in [-0.4, -0.2) is 60.1 Å². The smallest absolute Gasteiger partial charge is 0.311 e. The first-order valence-electron chi connectivity index (χ1n) is 6.32. The zero-order chi connectivity index (χ0) is 15.2. The van der Waals surface area contributed by atoms with Crippen molar-refractivity contribution in [3.05, 3.63) is 33.9 Å². The highest BCUT2D eigenvalue weighted by Gasteiger charge is 2.23. The van der Waals surface area contributed by atoms with Crippen molar-refractivity contribution < 1.29 is 36.8 Å². The second kappa shape index (κ2) is 8.78. The molecule has 0 spiro atoms. The van der Waals surface area contributed by atoms with Crippen molar-refractivity contribution in [3.8, 4) is 5.75 Å². The zero-order valence-electron chi connectivity index (χ0n) is 12.2. The molecule has 0 unspecified atom stereocenters. The quantitative estimate of drug-likeness (QED) is 0.315. The van der Waals surface area contributed by atoms with Gasteiger partial charge in [-0.3, -0.25) is 10.1 Å². The average molecular weight is 321 g/mol. The van der Waals surface area contributed by atoms with Crippen molar-refractivity contribution >= 4 is 5.69 Å². The number of benzene rings is 1. The maximum Gasteiger partial charge on any atom is 0.311 e. The van der Waals surface area contributed by atoms with E-state index in [1.165, 1.54) is 13.2 Å². The largest absolute Gasteiger partial charge is 1.00 e. The number of hydrogen-bond acceptors (Lipinski definition) is 5. The molecule has 8 heteroatoms. The first kappa shape index (κ1) is 19.6. The lowest BCUT2D eigenvalue weighted by Crippen LogP contribution is -3.00. The molecule has 0 heterocycles. The Morgan fingerprint density at radius 2 is 1.86 bits per heavy atom. The summed E-state index contributed by atoms with van der Waals surface area (Å²) < 4.78 is 5.37. The van der Waals surface area contributed by atoms with Crippen LogP contribution < -0.4 is 17.1 Å². The molecular weight excluding hydrogens is 300 g/mol. The minimum atomic E-state index is -0.481. The van der Waals surface area contributed by atoms with Gasteiger partial charge in [-0.1, -0.05) is 0 Å². The minimum Gasteiger partial charge on any atom is -1.00 e. The first-order valence-corrected chi connectivity index (χ1v) is 6.32. The molecule has 0 saturated carbocycles. The van der Waals surface area contributed by atoms with E-state index in [4.69, 9.17) is 14.9 Å². The average Bonchev–Trinajstić information content (AvgIpc) is 2.38. The molecule has 1 aromatic rings. The van der Waals surface area contributed by atoms with Crippen molar-refractivity contribution in [3.63, 3.8) is 0 Å². The Kier molecular flexibility index (Phi) is 8.19. The third-order valence-corrected chi connectivity index (χ3v) is 3.28. The summed E-state index contributed by atoms with van der Waals surface area (Å²) in [5, 5.41) is 29.2. The normalized spacial score (nSPS) is 10.9. The number of rotatable bonds is 8. The van der Waals surface area contributed by atoms with E-state index in [2.05, 4.69) is 0 Å². The number of quaternary nitrogens is 1. The molecular formula is C13H21ClN2O5. The molecule has 7 nitrogen and oxygen atoms in total. The van der Waals surface area contributed by atoms with Crippen LogP contribution in [0.1, 0.15) is 5.56 Å². The van der Waals surface area contributed by atoms with Crippen LogP contribution in [0.4, 0.5) is 5.69 Å². The third-order valence-electron chi connectivity index (χ3n) is 3.28. The van der Waals surface area contributed by atoms with E-state index in [-0.39, 0.29) is 37.1 Å². The lowest BCUT2D eigenvalue weighted by Gasteiger charge is -2.33. The van der Waals surface area contributed by atoms with E-state index in [0.29, 0.717) is 24.1 Å². The van der Waals surface area contributed by atoms with Crippen LogP contribution in [0.25, 0.3) is 0 Å². The number of hydrogen-bond donors (Lipinski definition) is 2. The molecule has 1 aromatic carbocycles. The molecule has 0 atom stereocenters. The lowest BCUT2D eigenvalue weighted by molar-refractivity contribution is -0.923. The summed E-state index contributed by atoms with van der Waals surface area (Å²) in [6.07, 6.45) is 0. The number of nitrogens with zero attached hydrogens (tertiary/aromatic N) is 2. The highest BCUT2D eigenvalue weighted by Crippen LogP contribution is 2.28. The predicted octanol–water partition coefficient (Wildman–Crippen LogP) is -2.46. The van der Waals surface area contributed by atoms with Crippen molar-refractivity contribution in [1.82, 2.24) is 0 Å². The number of likely N-dealkylation sites (N-methyl/N-ethyl adjacent to an activating group) is 1. The maximum atomic E-state index is 11.0. The van der Waals surface area contributed by atoms with Gasteiger partial charge in [-0.15, -0.1) is 0 Å². The maximum absolute atomic E-state index is 11.0. The van der Waals surface area contributed by atoms with E-state index in [1.54, 1.807) is 12.1 Å². The molecule has 0 aliphatic heterocycles. The summed E-state index contributed by atoms with van der Waals surface area (Å²) in [6, 6.07) is 4.80. The molecule has 2 N–H and O–H groups in total. The standard InChI is InChI=1S/C13H21N2O5.ClH/c1-15(5-7-16,6-8-17)10-11-3-4-13(20-2)12(9-11)14(18)19;/h3-4,9,16-17H,5-8,10H2,1-2H3;1H/q+1;/p-1. The van der Waals surface area contributed by atoms with Crippen molar-refractivity contribution in [1.29, 1.82) is 0 Å². The van der Waals surface area contributed by atoms with Crippen LogP contribution in [0.5, 0.6) is 5.75 Å². The fraction of sp³-hybridized carbons (Fsp3) is 0.538. The Labute approximate surface area is 129 Å². The van der Waals surface area contributed by atoms with Gasteiger partial charge in [0, 0.05) is 11.6 Å². The second-order valence-corrected chi connectivity index (χ2v) is 4.94. The second-order valence-electron chi connectivity index (χ2n) is 4.94. The monoisotopic (exact) mass is 320 g/mol. The number of halogens is 1. The molecule has 120 valence electrons. The van der Waals surface area contributed by atoms with Crippen LogP contribution in [0.15, 0.2) is 18.2 Å². The molecule has 0 aliphatic rings. The molecule has 0 saturated heterocycles. The topological polar surface area (TPSA) is 92.8 Å². The molecule has 0 aromatic heterocycles. The van der Waals surface area contributed by atoms with Crippen LogP contribution >= 0.6 is 0 Å². The summed E-state index contributed by atoms with van der Waals surface area (Å²) in [5.74, 6) is 0.220. The van der Waals surface area contributed by atoms with Gasteiger partial charge in [0.1, 0.15) is 19.6 Å². The Bertz CT molecular complexity index is 464. The van der Waals surface area contributed by atoms with Gasteiger partial charge in [0.15, 0.2) is 5.75 Å². The number of ether oxygens (including phenoxy) is 1. The van der Waals surface area contributed by atoms with Gasteiger partial charge in [-0.25, -0.2) is 0 Å². The lowest BCUT2D eigenvalue weighted by atomic mass is 10.1. The van der Waals surface area contributed by atoms with Crippen LogP contribution in [-0.2, 0) is 6.54 Å². The van der Waals surface area contributed by atoms with Gasteiger partial charge in [0.25, 0.3) is 0 Å². The molecule has 0 fully saturated rings. The molecule has 21 heavy (non-hydrogen) atoms. The predicted molar refractivity (Wildman–Crippen MR) is 73.4 cm³/mol. The van der Waals surface area contributed by atoms with E-state index in [0.717, 1.165) is 5.56 Å². The van der Waals surface area contributed by atoms with Gasteiger partial charge < -0.3 is 31.8 Å². The summed E-state index contributed by atoms with van der Waals surface area (Å²) in [6.45, 7) is 1.43. The van der Waals surface area contributed by atoms with Crippen LogP contribution in [0, 0.1) is 10.1 Å². The van der Waals surface area contributed by atoms with Gasteiger partial charge in [-0.05, 0) is 12.1 Å². The summed E-state index contributed by atoms with van der Waals surface area (Å²) in [7, 11) is 3.28. The third kappa shape index (κ3) is 5.47. The fourth-order valence-corrected chi connectivity index (χ4v) is 2.17. The van der Waals surface area contributed by atoms with E-state index >= 15 is 0 Å². The molecule has 0 bridgehead atoms. The zero-order valence-corrected chi connectivity index (χ0v) is 12.9. The van der Waals surface area contributed by atoms with Gasteiger partial charge in [-0.2, -0.15) is 0 Å². The van der Waals surface area contributed by atoms with E-state index in [1.807, 2.05) is 7.05 Å². The number of nitro groups is 1. The van der Waals surface area contributed by atoms with Crippen molar-refractivity contribution in [2.45, 2.75) is 6.54 Å². The SMILES string of the molecule is COc1ccc(C[N+](C)(CCO)CCO)cc1[N+](=O)[O-].[Cl-]. The van der Waals surface area contributed by atoms with Crippen LogP contribution in [0.2, 0.25) is 0 Å². The summed E-state index contributed by atoms with van der Waals surface area (Å²) in [5.41, 5.74) is 0.687. The van der Waals surface area contributed by atoms with E-state index in [9.17, 15) is 10.1 Å². The summed E-state index contributed by atoms with van der Waals surface area (Å²) in [4.78, 5) is 10.5. The van der Waals surface area contributed by atoms with Crippen molar-refractivity contribution in [2.24, 2.45) is 0 Å². The Morgan fingerprint density at radius 3 is 2.29 bits per heavy atom. The van der Waals surface area contributed by atoms with Gasteiger partial charge in [0.05, 0.1) is 32.3 Å². The molecule has 0 aliphatic carbocycles. The molecule has 0 radical (unpaired) electrons. The number of methoxy groups -OCH3 is 1. The highest BCUT2D eigenvalue weighted by molar-refractivity contribution is 5.48. The minimum absolute atomic E-state index is 0. The Balaban J connectivity index is 0.00000400. The van der Waals surface area contributed by atoms with Gasteiger partial charge in [0.2, 0.25) is 0 Å². The van der Waals surface area contributed by atoms with Crippen molar-refractivity contribution in [2.75, 3.05) is 40.5 Å².